The van der Waals surface area contributed by atoms with Crippen LogP contribution in [0, 0.1) is 13.8 Å². The summed E-state index contributed by atoms with van der Waals surface area (Å²) in [5.74, 6) is 0. The van der Waals surface area contributed by atoms with E-state index in [0.717, 1.165) is 0 Å². The number of hydrogen-bond donors (Lipinski definition) is 1. The number of nitrogens with one attached hydrogen (secondary N) is 1. The van der Waals surface area contributed by atoms with Gasteiger partial charge in [0, 0.05) is 12.5 Å². The molecule has 0 saturated heterocycles. The first-order chi connectivity index (χ1) is 7.29. The van der Waals surface area contributed by atoms with E-state index in [2.05, 4.69) is 31.0 Å². The first-order valence-corrected chi connectivity index (χ1v) is 6.14. The second-order valence-electron chi connectivity index (χ2n) is 3.19. The number of rotatable bonds is 0. The van der Waals surface area contributed by atoms with Gasteiger partial charge in [-0.25, -0.2) is 0 Å². The number of aromatic amines is 1. The molecule has 0 bridgehead atoms. The Balaban J connectivity index is 0. The molecule has 1 aliphatic carbocycles. The maximum Gasteiger partial charge on any atom is 0.0415 e. The van der Waals surface area contributed by atoms with E-state index >= 15 is 0 Å². The standard InChI is InChI=1S/C10H13N.2C2H6.H2/c1-7-8(2)11-10-6-4-3-5-9(7)10;2*1-2;/h5-6,11H,3-4H2,1-2H3;2*1-2H3;1H. The third-order valence-electron chi connectivity index (χ3n) is 2.44. The summed E-state index contributed by atoms with van der Waals surface area (Å²) in [6.45, 7) is 12.3. The van der Waals surface area contributed by atoms with Crippen molar-refractivity contribution in [2.45, 2.75) is 54.4 Å². The highest BCUT2D eigenvalue weighted by atomic mass is 14.7. The molecule has 0 saturated carbocycles. The first-order valence-electron chi connectivity index (χ1n) is 6.14. The van der Waals surface area contributed by atoms with Crippen molar-refractivity contribution < 1.29 is 1.43 Å². The number of H-pyrrole nitrogens is 1. The van der Waals surface area contributed by atoms with E-state index in [4.69, 9.17) is 0 Å². The Kier molecular flexibility index (Phi) is 6.85. The van der Waals surface area contributed by atoms with Crippen LogP contribution < -0.4 is 10.6 Å². The number of hydrogen-bond acceptors (Lipinski definition) is 0. The Morgan fingerprint density at radius 2 is 1.53 bits per heavy atom. The molecule has 0 atom stereocenters. The van der Waals surface area contributed by atoms with Gasteiger partial charge in [-0.2, -0.15) is 0 Å². The van der Waals surface area contributed by atoms with Crippen molar-refractivity contribution in [3.63, 3.8) is 0 Å². The first kappa shape index (κ1) is 14.0. The lowest BCUT2D eigenvalue weighted by Crippen LogP contribution is -2.25. The number of fused-ring (bicyclic) bond motifs is 1. The Hall–Kier alpha value is -0.980. The predicted molar refractivity (Wildman–Crippen MR) is 72.5 cm³/mol. The summed E-state index contributed by atoms with van der Waals surface area (Å²) in [7, 11) is 0. The van der Waals surface area contributed by atoms with Crippen molar-refractivity contribution in [1.29, 1.82) is 0 Å². The lowest BCUT2D eigenvalue weighted by atomic mass is 10.1. The van der Waals surface area contributed by atoms with Crippen molar-refractivity contribution in [3.05, 3.63) is 21.8 Å². The fourth-order valence-electron chi connectivity index (χ4n) is 1.65. The van der Waals surface area contributed by atoms with Gasteiger partial charge in [-0.3, -0.25) is 0 Å². The van der Waals surface area contributed by atoms with Crippen LogP contribution in [-0.2, 0) is 0 Å². The van der Waals surface area contributed by atoms with E-state index in [1.54, 1.807) is 0 Å². The van der Waals surface area contributed by atoms with Gasteiger partial charge in [-0.1, -0.05) is 39.8 Å². The Bertz CT molecular complexity index is 388. The SMILES string of the molecule is CC.CC.Cc1[nH]c2c(c1C)=CCCC=2.[HH]. The van der Waals surface area contributed by atoms with Gasteiger partial charge in [-0.15, -0.1) is 0 Å². The van der Waals surface area contributed by atoms with Crippen molar-refractivity contribution in [2.75, 3.05) is 0 Å². The summed E-state index contributed by atoms with van der Waals surface area (Å²) in [4.78, 5) is 3.38. The van der Waals surface area contributed by atoms with Crippen LogP contribution in [0.5, 0.6) is 0 Å². The predicted octanol–water partition coefficient (Wildman–Crippen LogP) is 3.28. The maximum absolute atomic E-state index is 3.38. The minimum atomic E-state index is 0. The van der Waals surface area contributed by atoms with E-state index < -0.39 is 0 Å². The molecule has 1 aromatic heterocycles. The molecule has 88 valence electrons. The quantitative estimate of drug-likeness (QED) is 0.675. The molecule has 1 heteroatoms. The van der Waals surface area contributed by atoms with Gasteiger partial charge in [-0.05, 0) is 37.5 Å². The molecule has 0 spiro atoms. The summed E-state index contributed by atoms with van der Waals surface area (Å²) < 4.78 is 0. The zero-order valence-electron chi connectivity index (χ0n) is 11.1. The third kappa shape index (κ3) is 3.26. The van der Waals surface area contributed by atoms with Gasteiger partial charge in [0.15, 0.2) is 0 Å². The average Bonchev–Trinajstić information content (AvgIpc) is 2.61. The zero-order chi connectivity index (χ0) is 11.8. The summed E-state index contributed by atoms with van der Waals surface area (Å²) in [6.07, 6.45) is 7.00. The van der Waals surface area contributed by atoms with Crippen molar-refractivity contribution in [1.82, 2.24) is 4.98 Å². The highest BCUT2D eigenvalue weighted by molar-refractivity contribution is 5.40. The van der Waals surface area contributed by atoms with Gasteiger partial charge in [0.1, 0.15) is 0 Å². The van der Waals surface area contributed by atoms with Gasteiger partial charge < -0.3 is 4.98 Å². The highest BCUT2D eigenvalue weighted by Crippen LogP contribution is 1.99. The Morgan fingerprint density at radius 1 is 1.00 bits per heavy atom. The van der Waals surface area contributed by atoms with Crippen LogP contribution in [0.15, 0.2) is 0 Å². The molecule has 1 aromatic rings. The van der Waals surface area contributed by atoms with E-state index in [1.807, 2.05) is 27.7 Å². The molecule has 0 unspecified atom stereocenters. The van der Waals surface area contributed by atoms with Gasteiger partial charge in [0.25, 0.3) is 0 Å². The van der Waals surface area contributed by atoms with Crippen LogP contribution in [-0.4, -0.2) is 4.98 Å². The average molecular weight is 209 g/mol. The van der Waals surface area contributed by atoms with Gasteiger partial charge in [0.2, 0.25) is 0 Å². The van der Waals surface area contributed by atoms with Crippen LogP contribution in [0.1, 0.15) is 53.2 Å². The van der Waals surface area contributed by atoms with Crippen LogP contribution in [0.3, 0.4) is 0 Å². The van der Waals surface area contributed by atoms with E-state index in [0.29, 0.717) is 0 Å². The maximum atomic E-state index is 3.38. The number of aromatic nitrogens is 1. The van der Waals surface area contributed by atoms with E-state index in [-0.39, 0.29) is 1.43 Å². The normalized spacial score (nSPS) is 11.9. The molecule has 1 N–H and O–H groups in total. The van der Waals surface area contributed by atoms with E-state index in [1.165, 1.54) is 34.7 Å². The lowest BCUT2D eigenvalue weighted by Gasteiger charge is -1.93. The van der Waals surface area contributed by atoms with Crippen LogP contribution in [0.25, 0.3) is 12.2 Å². The molecular formula is C14H27N. The highest BCUT2D eigenvalue weighted by Gasteiger charge is 2.00. The summed E-state index contributed by atoms with van der Waals surface area (Å²) in [5, 5.41) is 2.75. The molecule has 0 aliphatic heterocycles. The second-order valence-corrected chi connectivity index (χ2v) is 3.19. The minimum absolute atomic E-state index is 0. The van der Waals surface area contributed by atoms with Crippen molar-refractivity contribution in [3.8, 4) is 0 Å². The lowest BCUT2D eigenvalue weighted by molar-refractivity contribution is 1.09. The largest absolute Gasteiger partial charge is 0.359 e. The molecule has 1 nitrogen and oxygen atoms in total. The molecule has 0 fully saturated rings. The fraction of sp³-hybridized carbons (Fsp3) is 0.571. The Morgan fingerprint density at radius 3 is 2.07 bits per heavy atom. The molecule has 0 aromatic carbocycles. The molecular weight excluding hydrogens is 182 g/mol. The minimum Gasteiger partial charge on any atom is -0.359 e. The summed E-state index contributed by atoms with van der Waals surface area (Å²) in [5.41, 5.74) is 2.72. The second kappa shape index (κ2) is 7.33. The summed E-state index contributed by atoms with van der Waals surface area (Å²) >= 11 is 0. The Labute approximate surface area is 95.4 Å². The van der Waals surface area contributed by atoms with Gasteiger partial charge in [0.05, 0.1) is 0 Å². The van der Waals surface area contributed by atoms with Crippen LogP contribution >= 0.6 is 0 Å². The molecule has 0 amide bonds. The topological polar surface area (TPSA) is 15.8 Å². The molecule has 15 heavy (non-hydrogen) atoms. The van der Waals surface area contributed by atoms with Crippen LogP contribution in [0.2, 0.25) is 0 Å². The molecule has 2 rings (SSSR count). The van der Waals surface area contributed by atoms with Gasteiger partial charge >= 0.3 is 0 Å². The van der Waals surface area contributed by atoms with Crippen molar-refractivity contribution >= 4 is 12.2 Å². The molecule has 1 aliphatic rings. The zero-order valence-corrected chi connectivity index (χ0v) is 11.1. The van der Waals surface area contributed by atoms with E-state index in [9.17, 15) is 0 Å². The van der Waals surface area contributed by atoms with Crippen LogP contribution in [0.4, 0.5) is 0 Å². The molecule has 1 heterocycles. The smallest absolute Gasteiger partial charge is 0.0415 e. The third-order valence-corrected chi connectivity index (χ3v) is 2.44. The monoisotopic (exact) mass is 209 g/mol. The number of aryl methyl sites for hydroxylation is 1. The van der Waals surface area contributed by atoms with Crippen molar-refractivity contribution in [2.24, 2.45) is 0 Å². The summed E-state index contributed by atoms with van der Waals surface area (Å²) in [6, 6.07) is 0. The molecule has 0 radical (unpaired) electrons. The fourth-order valence-corrected chi connectivity index (χ4v) is 1.65.